The lowest BCUT2D eigenvalue weighted by Crippen LogP contribution is -2.07. The van der Waals surface area contributed by atoms with E-state index in [1.807, 2.05) is 26.0 Å². The number of benzene rings is 1. The molecule has 0 bridgehead atoms. The zero-order valence-electron chi connectivity index (χ0n) is 9.25. The van der Waals surface area contributed by atoms with Gasteiger partial charge in [0.2, 0.25) is 0 Å². The molecule has 0 amide bonds. The van der Waals surface area contributed by atoms with Gasteiger partial charge < -0.3 is 4.74 Å². The summed E-state index contributed by atoms with van der Waals surface area (Å²) in [5.41, 5.74) is 2.69. The summed E-state index contributed by atoms with van der Waals surface area (Å²) in [6.45, 7) is 7.93. The summed E-state index contributed by atoms with van der Waals surface area (Å²) in [6.07, 6.45) is 2.59. The molecule has 0 aromatic heterocycles. The molecule has 0 aliphatic carbocycles. The minimum absolute atomic E-state index is 0.245. The summed E-state index contributed by atoms with van der Waals surface area (Å²) in [5.74, 6) is -0.245. The highest BCUT2D eigenvalue weighted by atomic mass is 16.5. The fourth-order valence-corrected chi connectivity index (χ4v) is 1.44. The van der Waals surface area contributed by atoms with Gasteiger partial charge in [0, 0.05) is 0 Å². The number of carbonyl (C=O) groups is 1. The Morgan fingerprint density at radius 3 is 2.73 bits per heavy atom. The molecule has 2 heteroatoms. The van der Waals surface area contributed by atoms with E-state index in [1.54, 1.807) is 12.1 Å². The summed E-state index contributed by atoms with van der Waals surface area (Å²) in [4.78, 5) is 11.6. The van der Waals surface area contributed by atoms with Crippen molar-refractivity contribution in [1.82, 2.24) is 0 Å². The molecule has 0 saturated heterocycles. The van der Waals surface area contributed by atoms with Gasteiger partial charge in [-0.15, -0.1) is 0 Å². The van der Waals surface area contributed by atoms with Gasteiger partial charge >= 0.3 is 5.97 Å². The molecule has 1 rings (SSSR count). The van der Waals surface area contributed by atoms with Gasteiger partial charge in [0.05, 0.1) is 12.2 Å². The van der Waals surface area contributed by atoms with E-state index in [1.165, 1.54) is 0 Å². The van der Waals surface area contributed by atoms with E-state index in [4.69, 9.17) is 4.74 Å². The van der Waals surface area contributed by atoms with Gasteiger partial charge in [-0.3, -0.25) is 0 Å². The second kappa shape index (κ2) is 5.35. The second-order valence-electron chi connectivity index (χ2n) is 3.19. The SMILES string of the molecule is C=Cc1ccc(C(=O)OCC)c(CC)c1. The minimum Gasteiger partial charge on any atom is -0.462 e. The molecule has 0 aliphatic rings. The summed E-state index contributed by atoms with van der Waals surface area (Å²) >= 11 is 0. The molecule has 0 fully saturated rings. The monoisotopic (exact) mass is 204 g/mol. The van der Waals surface area contributed by atoms with Crippen molar-refractivity contribution in [1.29, 1.82) is 0 Å². The van der Waals surface area contributed by atoms with Crippen LogP contribution in [0.3, 0.4) is 0 Å². The van der Waals surface area contributed by atoms with Crippen molar-refractivity contribution < 1.29 is 9.53 Å². The van der Waals surface area contributed by atoms with Crippen molar-refractivity contribution in [3.8, 4) is 0 Å². The first kappa shape index (κ1) is 11.5. The van der Waals surface area contributed by atoms with E-state index in [9.17, 15) is 4.79 Å². The summed E-state index contributed by atoms with van der Waals surface area (Å²) in [6, 6.07) is 5.64. The second-order valence-corrected chi connectivity index (χ2v) is 3.19. The Labute approximate surface area is 90.6 Å². The molecule has 0 saturated carbocycles. The van der Waals surface area contributed by atoms with Gasteiger partial charge in [0.1, 0.15) is 0 Å². The number of aryl methyl sites for hydroxylation is 1. The van der Waals surface area contributed by atoms with Gasteiger partial charge in [-0.25, -0.2) is 4.79 Å². The van der Waals surface area contributed by atoms with Crippen LogP contribution in [0.4, 0.5) is 0 Å². The molecular formula is C13H16O2. The minimum atomic E-state index is -0.245. The molecule has 1 aromatic carbocycles. The topological polar surface area (TPSA) is 26.3 Å². The summed E-state index contributed by atoms with van der Waals surface area (Å²) in [7, 11) is 0. The average molecular weight is 204 g/mol. The maximum Gasteiger partial charge on any atom is 0.338 e. The third-order valence-electron chi connectivity index (χ3n) is 2.24. The van der Waals surface area contributed by atoms with E-state index < -0.39 is 0 Å². The quantitative estimate of drug-likeness (QED) is 0.704. The number of hydrogen-bond acceptors (Lipinski definition) is 2. The highest BCUT2D eigenvalue weighted by Crippen LogP contribution is 2.15. The van der Waals surface area contributed by atoms with Crippen LogP contribution < -0.4 is 0 Å². The number of esters is 1. The Balaban J connectivity index is 3.07. The normalized spacial score (nSPS) is 9.73. The van der Waals surface area contributed by atoms with Crippen molar-refractivity contribution >= 4 is 12.0 Å². The van der Waals surface area contributed by atoms with Crippen molar-refractivity contribution in [3.05, 3.63) is 41.5 Å². The number of ether oxygens (including phenoxy) is 1. The first-order valence-corrected chi connectivity index (χ1v) is 5.15. The summed E-state index contributed by atoms with van der Waals surface area (Å²) < 4.78 is 4.98. The van der Waals surface area contributed by atoms with Crippen LogP contribution in [0.25, 0.3) is 6.08 Å². The van der Waals surface area contributed by atoms with Crippen LogP contribution in [-0.2, 0) is 11.2 Å². The van der Waals surface area contributed by atoms with Crippen LogP contribution in [0.2, 0.25) is 0 Å². The molecule has 0 atom stereocenters. The first-order chi connectivity index (χ1) is 7.22. The predicted molar refractivity (Wildman–Crippen MR) is 61.9 cm³/mol. The third-order valence-corrected chi connectivity index (χ3v) is 2.24. The largest absolute Gasteiger partial charge is 0.462 e. The fraction of sp³-hybridized carbons (Fsp3) is 0.308. The molecule has 1 aromatic rings. The van der Waals surface area contributed by atoms with E-state index in [0.717, 1.165) is 17.5 Å². The van der Waals surface area contributed by atoms with Gasteiger partial charge in [0.15, 0.2) is 0 Å². The van der Waals surface area contributed by atoms with Crippen LogP contribution in [0.15, 0.2) is 24.8 Å². The molecule has 0 spiro atoms. The number of hydrogen-bond donors (Lipinski definition) is 0. The van der Waals surface area contributed by atoms with Crippen LogP contribution in [-0.4, -0.2) is 12.6 Å². The number of rotatable bonds is 4. The van der Waals surface area contributed by atoms with E-state index in [-0.39, 0.29) is 5.97 Å². The molecule has 80 valence electrons. The smallest absolute Gasteiger partial charge is 0.338 e. The van der Waals surface area contributed by atoms with Gasteiger partial charge in [-0.1, -0.05) is 31.7 Å². The maximum absolute atomic E-state index is 11.6. The zero-order valence-corrected chi connectivity index (χ0v) is 9.25. The van der Waals surface area contributed by atoms with Crippen LogP contribution >= 0.6 is 0 Å². The lowest BCUT2D eigenvalue weighted by atomic mass is 10.0. The predicted octanol–water partition coefficient (Wildman–Crippen LogP) is 3.07. The number of carbonyl (C=O) groups excluding carboxylic acids is 1. The maximum atomic E-state index is 11.6. The Hall–Kier alpha value is -1.57. The van der Waals surface area contributed by atoms with Crippen LogP contribution in [0.5, 0.6) is 0 Å². The highest BCUT2D eigenvalue weighted by Gasteiger charge is 2.10. The first-order valence-electron chi connectivity index (χ1n) is 5.15. The molecule has 0 radical (unpaired) electrons. The fourth-order valence-electron chi connectivity index (χ4n) is 1.44. The lowest BCUT2D eigenvalue weighted by Gasteiger charge is -2.07. The standard InChI is InChI=1S/C13H16O2/c1-4-10-7-8-12(11(5-2)9-10)13(14)15-6-3/h4,7-9H,1,5-6H2,2-3H3. The molecule has 0 N–H and O–H groups in total. The van der Waals surface area contributed by atoms with Crippen molar-refractivity contribution in [2.45, 2.75) is 20.3 Å². The van der Waals surface area contributed by atoms with Gasteiger partial charge in [-0.2, -0.15) is 0 Å². The third kappa shape index (κ3) is 2.69. The Morgan fingerprint density at radius 1 is 1.47 bits per heavy atom. The van der Waals surface area contributed by atoms with E-state index in [2.05, 4.69) is 6.58 Å². The molecule has 0 aliphatic heterocycles. The zero-order chi connectivity index (χ0) is 11.3. The molecule has 2 nitrogen and oxygen atoms in total. The van der Waals surface area contributed by atoms with E-state index in [0.29, 0.717) is 12.2 Å². The van der Waals surface area contributed by atoms with Gasteiger partial charge in [0.25, 0.3) is 0 Å². The van der Waals surface area contributed by atoms with Gasteiger partial charge in [-0.05, 0) is 30.5 Å². The molecule has 0 unspecified atom stereocenters. The van der Waals surface area contributed by atoms with Crippen molar-refractivity contribution in [3.63, 3.8) is 0 Å². The Bertz CT molecular complexity index is 367. The molecule has 15 heavy (non-hydrogen) atoms. The van der Waals surface area contributed by atoms with Crippen molar-refractivity contribution in [2.75, 3.05) is 6.61 Å². The molecular weight excluding hydrogens is 188 g/mol. The lowest BCUT2D eigenvalue weighted by molar-refractivity contribution is 0.0525. The van der Waals surface area contributed by atoms with E-state index >= 15 is 0 Å². The Morgan fingerprint density at radius 2 is 2.20 bits per heavy atom. The van der Waals surface area contributed by atoms with Crippen LogP contribution in [0, 0.1) is 0 Å². The summed E-state index contributed by atoms with van der Waals surface area (Å²) in [5, 5.41) is 0. The van der Waals surface area contributed by atoms with Crippen molar-refractivity contribution in [2.24, 2.45) is 0 Å². The highest BCUT2D eigenvalue weighted by molar-refractivity contribution is 5.91. The average Bonchev–Trinajstić information content (AvgIpc) is 2.28. The Kier molecular flexibility index (Phi) is 4.10. The molecule has 0 heterocycles. The van der Waals surface area contributed by atoms with Crippen LogP contribution in [0.1, 0.15) is 35.3 Å².